The van der Waals surface area contributed by atoms with E-state index in [9.17, 15) is 4.79 Å². The molecular formula is C16H24N2O. The molecule has 1 atom stereocenters. The number of carbonyl (C=O) groups excluding carboxylic acids is 1. The Hall–Kier alpha value is -1.19. The normalized spacial score (nSPS) is 19.9. The van der Waals surface area contributed by atoms with Crippen LogP contribution >= 0.6 is 0 Å². The lowest BCUT2D eigenvalue weighted by molar-refractivity contribution is 0.0943. The van der Waals surface area contributed by atoms with Crippen LogP contribution in [0.4, 0.5) is 0 Å². The Morgan fingerprint density at radius 1 is 1.26 bits per heavy atom. The molecule has 1 fully saturated rings. The SMILES string of the molecule is Cc1cc(C)c(C(=O)CN2CCC(CN)C2)cc1C. The van der Waals surface area contributed by atoms with Gasteiger partial charge in [-0.15, -0.1) is 0 Å². The zero-order chi connectivity index (χ0) is 14.0. The monoisotopic (exact) mass is 260 g/mol. The Kier molecular flexibility index (Phi) is 4.38. The van der Waals surface area contributed by atoms with E-state index < -0.39 is 0 Å². The van der Waals surface area contributed by atoms with Crippen molar-refractivity contribution in [1.29, 1.82) is 0 Å². The fourth-order valence-electron chi connectivity index (χ4n) is 2.80. The average molecular weight is 260 g/mol. The van der Waals surface area contributed by atoms with Crippen LogP contribution in [0.3, 0.4) is 0 Å². The predicted octanol–water partition coefficient (Wildman–Crippen LogP) is 2.08. The average Bonchev–Trinajstić information content (AvgIpc) is 2.81. The number of ketones is 1. The first-order valence-corrected chi connectivity index (χ1v) is 7.04. The number of benzene rings is 1. The van der Waals surface area contributed by atoms with Gasteiger partial charge in [0.25, 0.3) is 0 Å². The minimum absolute atomic E-state index is 0.235. The molecule has 0 radical (unpaired) electrons. The van der Waals surface area contributed by atoms with E-state index in [0.29, 0.717) is 12.5 Å². The summed E-state index contributed by atoms with van der Waals surface area (Å²) in [7, 11) is 0. The van der Waals surface area contributed by atoms with Crippen molar-refractivity contribution in [2.24, 2.45) is 11.7 Å². The van der Waals surface area contributed by atoms with Crippen LogP contribution in [0.15, 0.2) is 12.1 Å². The highest BCUT2D eigenvalue weighted by molar-refractivity contribution is 5.99. The molecule has 1 heterocycles. The van der Waals surface area contributed by atoms with E-state index >= 15 is 0 Å². The Morgan fingerprint density at radius 3 is 2.58 bits per heavy atom. The number of rotatable bonds is 4. The van der Waals surface area contributed by atoms with Gasteiger partial charge in [0.2, 0.25) is 0 Å². The first kappa shape index (κ1) is 14.2. The molecule has 2 rings (SSSR count). The number of hydrogen-bond donors (Lipinski definition) is 1. The number of likely N-dealkylation sites (tertiary alicyclic amines) is 1. The smallest absolute Gasteiger partial charge is 0.177 e. The van der Waals surface area contributed by atoms with Gasteiger partial charge >= 0.3 is 0 Å². The summed E-state index contributed by atoms with van der Waals surface area (Å²) in [6.07, 6.45) is 1.12. The molecule has 0 aliphatic carbocycles. The molecule has 1 saturated heterocycles. The highest BCUT2D eigenvalue weighted by Crippen LogP contribution is 2.19. The summed E-state index contributed by atoms with van der Waals surface area (Å²) in [4.78, 5) is 14.6. The van der Waals surface area contributed by atoms with Gasteiger partial charge in [-0.05, 0) is 69.0 Å². The molecule has 1 unspecified atom stereocenters. The van der Waals surface area contributed by atoms with Gasteiger partial charge in [-0.25, -0.2) is 0 Å². The highest BCUT2D eigenvalue weighted by Gasteiger charge is 2.23. The fraction of sp³-hybridized carbons (Fsp3) is 0.562. The fourth-order valence-corrected chi connectivity index (χ4v) is 2.80. The third-order valence-corrected chi connectivity index (χ3v) is 4.21. The van der Waals surface area contributed by atoms with Gasteiger partial charge in [0.15, 0.2) is 5.78 Å². The molecule has 0 amide bonds. The summed E-state index contributed by atoms with van der Waals surface area (Å²) < 4.78 is 0. The third-order valence-electron chi connectivity index (χ3n) is 4.21. The highest BCUT2D eigenvalue weighted by atomic mass is 16.1. The second-order valence-electron chi connectivity index (χ2n) is 5.80. The Labute approximate surface area is 115 Å². The number of aryl methyl sites for hydroxylation is 3. The molecule has 0 spiro atoms. The standard InChI is InChI=1S/C16H24N2O/c1-11-6-13(3)15(7-12(11)2)16(19)10-18-5-4-14(8-17)9-18/h6-7,14H,4-5,8-10,17H2,1-3H3. The minimum atomic E-state index is 0.235. The topological polar surface area (TPSA) is 46.3 Å². The van der Waals surface area contributed by atoms with Crippen LogP contribution in [0.1, 0.15) is 33.5 Å². The van der Waals surface area contributed by atoms with Crippen molar-refractivity contribution < 1.29 is 4.79 Å². The quantitative estimate of drug-likeness (QED) is 0.843. The molecule has 0 saturated carbocycles. The number of Topliss-reactive ketones (excluding diaryl/α,β-unsaturated/α-hetero) is 1. The summed E-state index contributed by atoms with van der Waals surface area (Å²) in [5.74, 6) is 0.798. The van der Waals surface area contributed by atoms with Crippen LogP contribution < -0.4 is 5.73 Å². The van der Waals surface area contributed by atoms with Gasteiger partial charge in [0.1, 0.15) is 0 Å². The van der Waals surface area contributed by atoms with Crippen LogP contribution in [0.5, 0.6) is 0 Å². The summed E-state index contributed by atoms with van der Waals surface area (Å²) in [5.41, 5.74) is 10.1. The van der Waals surface area contributed by atoms with Crippen LogP contribution in [0.2, 0.25) is 0 Å². The van der Waals surface area contributed by atoms with Crippen molar-refractivity contribution in [2.45, 2.75) is 27.2 Å². The lowest BCUT2D eigenvalue weighted by Gasteiger charge is -2.16. The lowest BCUT2D eigenvalue weighted by Crippen LogP contribution is -2.29. The van der Waals surface area contributed by atoms with E-state index in [1.54, 1.807) is 0 Å². The van der Waals surface area contributed by atoms with Gasteiger partial charge < -0.3 is 5.73 Å². The maximum absolute atomic E-state index is 12.4. The van der Waals surface area contributed by atoms with Crippen molar-refractivity contribution in [3.8, 4) is 0 Å². The van der Waals surface area contributed by atoms with Crippen molar-refractivity contribution in [3.05, 3.63) is 34.4 Å². The van der Waals surface area contributed by atoms with E-state index in [2.05, 4.69) is 24.8 Å². The number of nitrogens with two attached hydrogens (primary N) is 1. The minimum Gasteiger partial charge on any atom is -0.330 e. The molecule has 0 bridgehead atoms. The number of carbonyl (C=O) groups is 1. The van der Waals surface area contributed by atoms with Crippen molar-refractivity contribution in [2.75, 3.05) is 26.2 Å². The molecule has 104 valence electrons. The largest absolute Gasteiger partial charge is 0.330 e. The van der Waals surface area contributed by atoms with Crippen molar-refractivity contribution in [1.82, 2.24) is 4.90 Å². The first-order valence-electron chi connectivity index (χ1n) is 7.04. The maximum Gasteiger partial charge on any atom is 0.177 e. The zero-order valence-corrected chi connectivity index (χ0v) is 12.2. The van der Waals surface area contributed by atoms with Gasteiger partial charge in [-0.1, -0.05) is 6.07 Å². The van der Waals surface area contributed by atoms with Gasteiger partial charge in [0.05, 0.1) is 6.54 Å². The second-order valence-corrected chi connectivity index (χ2v) is 5.80. The van der Waals surface area contributed by atoms with Gasteiger partial charge in [-0.3, -0.25) is 9.69 Å². The number of nitrogens with zero attached hydrogens (tertiary/aromatic N) is 1. The Bertz CT molecular complexity index is 482. The summed E-state index contributed by atoms with van der Waals surface area (Å²) in [6.45, 7) is 9.39. The zero-order valence-electron chi connectivity index (χ0n) is 12.2. The van der Waals surface area contributed by atoms with E-state index in [1.807, 2.05) is 13.0 Å². The van der Waals surface area contributed by atoms with E-state index in [-0.39, 0.29) is 5.78 Å². The molecular weight excluding hydrogens is 236 g/mol. The van der Waals surface area contributed by atoms with Crippen LogP contribution in [-0.4, -0.2) is 36.9 Å². The van der Waals surface area contributed by atoms with Crippen LogP contribution in [0, 0.1) is 26.7 Å². The lowest BCUT2D eigenvalue weighted by atomic mass is 9.98. The van der Waals surface area contributed by atoms with Crippen LogP contribution in [0.25, 0.3) is 0 Å². The summed E-state index contributed by atoms with van der Waals surface area (Å²) in [5, 5.41) is 0. The third kappa shape index (κ3) is 3.23. The number of hydrogen-bond acceptors (Lipinski definition) is 3. The second kappa shape index (κ2) is 5.85. The summed E-state index contributed by atoms with van der Waals surface area (Å²) >= 11 is 0. The van der Waals surface area contributed by atoms with Crippen LogP contribution in [-0.2, 0) is 0 Å². The maximum atomic E-state index is 12.4. The Balaban J connectivity index is 2.06. The molecule has 1 aliphatic rings. The van der Waals surface area contributed by atoms with Crippen molar-refractivity contribution in [3.63, 3.8) is 0 Å². The molecule has 19 heavy (non-hydrogen) atoms. The predicted molar refractivity (Wildman–Crippen MR) is 78.6 cm³/mol. The molecule has 1 aliphatic heterocycles. The molecule has 2 N–H and O–H groups in total. The molecule has 3 nitrogen and oxygen atoms in total. The molecule has 3 heteroatoms. The summed E-state index contributed by atoms with van der Waals surface area (Å²) in [6, 6.07) is 4.14. The first-order chi connectivity index (χ1) is 9.01. The van der Waals surface area contributed by atoms with Gasteiger partial charge in [0, 0.05) is 12.1 Å². The van der Waals surface area contributed by atoms with E-state index in [0.717, 1.165) is 37.2 Å². The molecule has 1 aromatic rings. The van der Waals surface area contributed by atoms with E-state index in [4.69, 9.17) is 5.73 Å². The Morgan fingerprint density at radius 2 is 1.95 bits per heavy atom. The van der Waals surface area contributed by atoms with E-state index in [1.165, 1.54) is 11.1 Å². The molecule has 0 aromatic heterocycles. The molecule has 1 aromatic carbocycles. The van der Waals surface area contributed by atoms with Crippen molar-refractivity contribution >= 4 is 5.78 Å². The van der Waals surface area contributed by atoms with Gasteiger partial charge in [-0.2, -0.15) is 0 Å².